The van der Waals surface area contributed by atoms with E-state index in [9.17, 15) is 18.0 Å². The Morgan fingerprint density at radius 1 is 1.08 bits per heavy atom. The van der Waals surface area contributed by atoms with E-state index in [0.29, 0.717) is 36.7 Å². The Morgan fingerprint density at radius 3 is 2.45 bits per heavy atom. The maximum Gasteiger partial charge on any atom is 0.242 e. The SMILES string of the molecule is CCC(C(=O)NCC(C)C)N(Cc1ccccc1C)C(=O)CCCN(c1ccc2c(c1)OCO2)S(C)(=O)=O. The van der Waals surface area contributed by atoms with Crippen molar-refractivity contribution in [3.05, 3.63) is 53.6 Å². The molecule has 0 spiro atoms. The summed E-state index contributed by atoms with van der Waals surface area (Å²) in [5, 5.41) is 2.96. The molecule has 208 valence electrons. The highest BCUT2D eigenvalue weighted by molar-refractivity contribution is 7.92. The van der Waals surface area contributed by atoms with Crippen molar-refractivity contribution in [1.82, 2.24) is 10.2 Å². The topological polar surface area (TPSA) is 105 Å². The normalized spacial score (nSPS) is 13.3. The Balaban J connectivity index is 1.76. The molecule has 0 bridgehead atoms. The molecule has 0 saturated carbocycles. The van der Waals surface area contributed by atoms with Crippen molar-refractivity contribution in [1.29, 1.82) is 0 Å². The van der Waals surface area contributed by atoms with Crippen molar-refractivity contribution < 1.29 is 27.5 Å². The number of ether oxygens (including phenoxy) is 2. The second kappa shape index (κ2) is 13.0. The molecule has 0 aromatic heterocycles. The lowest BCUT2D eigenvalue weighted by Gasteiger charge is -2.31. The molecule has 1 heterocycles. The Labute approximate surface area is 226 Å². The molecule has 0 radical (unpaired) electrons. The van der Waals surface area contributed by atoms with E-state index < -0.39 is 16.1 Å². The minimum Gasteiger partial charge on any atom is -0.454 e. The van der Waals surface area contributed by atoms with Gasteiger partial charge in [-0.05, 0) is 48.9 Å². The standard InChI is InChI=1S/C28H39N3O6S/c1-6-24(28(33)29-17-20(2)3)30(18-22-11-8-7-10-21(22)4)27(32)12-9-15-31(38(5,34)35)23-13-14-25-26(16-23)37-19-36-25/h7-8,10-11,13-14,16,20,24H,6,9,12,15,17-19H2,1-5H3,(H,29,33). The van der Waals surface area contributed by atoms with Crippen molar-refractivity contribution in [2.24, 2.45) is 5.92 Å². The molecule has 1 atom stereocenters. The van der Waals surface area contributed by atoms with Crippen LogP contribution in [0.4, 0.5) is 5.69 Å². The van der Waals surface area contributed by atoms with Crippen LogP contribution in [-0.4, -0.2) is 57.3 Å². The fourth-order valence-corrected chi connectivity index (χ4v) is 5.31. The summed E-state index contributed by atoms with van der Waals surface area (Å²) in [5.74, 6) is 0.954. The number of hydrogen-bond acceptors (Lipinski definition) is 6. The van der Waals surface area contributed by atoms with E-state index in [1.54, 1.807) is 23.1 Å². The Kier molecular flexibility index (Phi) is 10.0. The number of fused-ring (bicyclic) bond motifs is 1. The average Bonchev–Trinajstić information content (AvgIpc) is 3.33. The number of nitrogens with one attached hydrogen (secondary N) is 1. The Morgan fingerprint density at radius 2 is 1.79 bits per heavy atom. The molecule has 2 aromatic rings. The predicted molar refractivity (Wildman–Crippen MR) is 148 cm³/mol. The van der Waals surface area contributed by atoms with Crippen LogP contribution in [-0.2, 0) is 26.2 Å². The minimum absolute atomic E-state index is 0.0895. The number of aryl methyl sites for hydroxylation is 1. The molecule has 1 aliphatic rings. The van der Waals surface area contributed by atoms with Gasteiger partial charge in [0, 0.05) is 32.1 Å². The molecule has 2 aromatic carbocycles. The van der Waals surface area contributed by atoms with Gasteiger partial charge in [0.1, 0.15) is 6.04 Å². The summed E-state index contributed by atoms with van der Waals surface area (Å²) >= 11 is 0. The fourth-order valence-electron chi connectivity index (χ4n) is 4.36. The highest BCUT2D eigenvalue weighted by Crippen LogP contribution is 2.36. The van der Waals surface area contributed by atoms with Gasteiger partial charge in [-0.15, -0.1) is 0 Å². The number of carbonyl (C=O) groups excluding carboxylic acids is 2. The highest BCUT2D eigenvalue weighted by atomic mass is 32.2. The van der Waals surface area contributed by atoms with Crippen molar-refractivity contribution in [3.63, 3.8) is 0 Å². The lowest BCUT2D eigenvalue weighted by Crippen LogP contribution is -2.49. The van der Waals surface area contributed by atoms with Crippen LogP contribution in [0.2, 0.25) is 0 Å². The summed E-state index contributed by atoms with van der Waals surface area (Å²) in [5.41, 5.74) is 2.45. The van der Waals surface area contributed by atoms with E-state index in [-0.39, 0.29) is 43.9 Å². The smallest absolute Gasteiger partial charge is 0.242 e. The zero-order chi connectivity index (χ0) is 27.9. The summed E-state index contributed by atoms with van der Waals surface area (Å²) in [4.78, 5) is 28.3. The molecule has 1 unspecified atom stereocenters. The predicted octanol–water partition coefficient (Wildman–Crippen LogP) is 3.85. The zero-order valence-corrected chi connectivity index (χ0v) is 23.7. The summed E-state index contributed by atoms with van der Waals surface area (Å²) in [6, 6.07) is 12.1. The number of carbonyl (C=O) groups is 2. The summed E-state index contributed by atoms with van der Waals surface area (Å²) in [7, 11) is -3.61. The van der Waals surface area contributed by atoms with Crippen LogP contribution in [0.5, 0.6) is 11.5 Å². The van der Waals surface area contributed by atoms with Crippen LogP contribution in [0.25, 0.3) is 0 Å². The van der Waals surface area contributed by atoms with E-state index in [0.717, 1.165) is 17.4 Å². The molecule has 10 heteroatoms. The van der Waals surface area contributed by atoms with Crippen LogP contribution in [0, 0.1) is 12.8 Å². The molecule has 0 saturated heterocycles. The molecule has 1 N–H and O–H groups in total. The molecular formula is C28H39N3O6S. The first kappa shape index (κ1) is 29.3. The fraction of sp³-hybridized carbons (Fsp3) is 0.500. The third-order valence-electron chi connectivity index (χ3n) is 6.47. The first-order valence-electron chi connectivity index (χ1n) is 13.0. The lowest BCUT2D eigenvalue weighted by atomic mass is 10.0. The third kappa shape index (κ3) is 7.63. The molecule has 38 heavy (non-hydrogen) atoms. The van der Waals surface area contributed by atoms with Crippen molar-refractivity contribution >= 4 is 27.5 Å². The van der Waals surface area contributed by atoms with Gasteiger partial charge in [0.2, 0.25) is 28.6 Å². The number of rotatable bonds is 13. The van der Waals surface area contributed by atoms with E-state index in [2.05, 4.69) is 5.32 Å². The van der Waals surface area contributed by atoms with Gasteiger partial charge in [-0.25, -0.2) is 8.42 Å². The molecule has 3 rings (SSSR count). The zero-order valence-electron chi connectivity index (χ0n) is 22.9. The first-order valence-corrected chi connectivity index (χ1v) is 14.8. The van der Waals surface area contributed by atoms with Crippen LogP contribution < -0.4 is 19.1 Å². The van der Waals surface area contributed by atoms with Gasteiger partial charge in [-0.1, -0.05) is 45.0 Å². The molecule has 9 nitrogen and oxygen atoms in total. The highest BCUT2D eigenvalue weighted by Gasteiger charge is 2.29. The number of amides is 2. The van der Waals surface area contributed by atoms with Crippen LogP contribution >= 0.6 is 0 Å². The maximum absolute atomic E-state index is 13.6. The van der Waals surface area contributed by atoms with Crippen molar-refractivity contribution in [2.75, 3.05) is 30.4 Å². The van der Waals surface area contributed by atoms with Crippen LogP contribution in [0.1, 0.15) is 51.2 Å². The quantitative estimate of drug-likeness (QED) is 0.410. The van der Waals surface area contributed by atoms with Gasteiger partial charge < -0.3 is 19.7 Å². The Bertz CT molecular complexity index is 1230. The number of benzene rings is 2. The van der Waals surface area contributed by atoms with Gasteiger partial charge in [-0.2, -0.15) is 0 Å². The summed E-state index contributed by atoms with van der Waals surface area (Å²) in [6.45, 7) is 8.94. The third-order valence-corrected chi connectivity index (χ3v) is 7.66. The molecule has 1 aliphatic heterocycles. The number of nitrogens with zero attached hydrogens (tertiary/aromatic N) is 2. The van der Waals surface area contributed by atoms with Gasteiger partial charge >= 0.3 is 0 Å². The summed E-state index contributed by atoms with van der Waals surface area (Å²) in [6.07, 6.45) is 1.98. The van der Waals surface area contributed by atoms with E-state index >= 15 is 0 Å². The molecular weight excluding hydrogens is 506 g/mol. The largest absolute Gasteiger partial charge is 0.454 e. The van der Waals surface area contributed by atoms with E-state index in [1.807, 2.05) is 52.0 Å². The van der Waals surface area contributed by atoms with E-state index in [1.165, 1.54) is 4.31 Å². The van der Waals surface area contributed by atoms with Gasteiger partial charge in [-0.3, -0.25) is 13.9 Å². The van der Waals surface area contributed by atoms with E-state index in [4.69, 9.17) is 9.47 Å². The maximum atomic E-state index is 13.6. The average molecular weight is 546 g/mol. The van der Waals surface area contributed by atoms with Gasteiger partial charge in [0.15, 0.2) is 11.5 Å². The van der Waals surface area contributed by atoms with Crippen LogP contribution in [0.15, 0.2) is 42.5 Å². The van der Waals surface area contributed by atoms with Crippen LogP contribution in [0.3, 0.4) is 0 Å². The lowest BCUT2D eigenvalue weighted by molar-refractivity contribution is -0.141. The second-order valence-corrected chi connectivity index (χ2v) is 11.9. The monoisotopic (exact) mass is 545 g/mol. The van der Waals surface area contributed by atoms with Gasteiger partial charge in [0.25, 0.3) is 0 Å². The number of sulfonamides is 1. The number of hydrogen-bond donors (Lipinski definition) is 1. The minimum atomic E-state index is -3.61. The molecule has 0 fully saturated rings. The van der Waals surface area contributed by atoms with Gasteiger partial charge in [0.05, 0.1) is 11.9 Å². The first-order chi connectivity index (χ1) is 18.0. The second-order valence-electron chi connectivity index (χ2n) is 9.99. The summed E-state index contributed by atoms with van der Waals surface area (Å²) < 4.78 is 37.2. The Hall–Kier alpha value is -3.27. The van der Waals surface area contributed by atoms with Crippen molar-refractivity contribution in [3.8, 4) is 11.5 Å². The number of anilines is 1. The molecule has 2 amide bonds. The van der Waals surface area contributed by atoms with Crippen molar-refractivity contribution in [2.45, 2.75) is 59.5 Å². The molecule has 0 aliphatic carbocycles.